The minimum atomic E-state index is -0.326. The van der Waals surface area contributed by atoms with E-state index in [1.165, 1.54) is 0 Å². The Labute approximate surface area is 166 Å². The molecule has 1 aromatic heterocycles. The van der Waals surface area contributed by atoms with Crippen molar-refractivity contribution < 1.29 is 19.1 Å². The van der Waals surface area contributed by atoms with Gasteiger partial charge in [-0.3, -0.25) is 4.79 Å². The topological polar surface area (TPSA) is 71.7 Å². The number of ether oxygens (including phenoxy) is 1. The maximum Gasteiger partial charge on any atom is 0.262 e. The summed E-state index contributed by atoms with van der Waals surface area (Å²) in [5.41, 5.74) is 2.13. The zero-order valence-corrected chi connectivity index (χ0v) is 16.0. The van der Waals surface area contributed by atoms with Crippen molar-refractivity contribution >= 4 is 34.8 Å². The molecule has 0 saturated carbocycles. The van der Waals surface area contributed by atoms with Gasteiger partial charge in [-0.25, -0.2) is 0 Å². The molecule has 0 bridgehead atoms. The molecule has 2 N–H and O–H groups in total. The summed E-state index contributed by atoms with van der Waals surface area (Å²) in [5.74, 6) is 1.18. The van der Waals surface area contributed by atoms with Gasteiger partial charge in [0, 0.05) is 16.3 Å². The van der Waals surface area contributed by atoms with Crippen LogP contribution in [0.5, 0.6) is 5.75 Å². The number of aliphatic hydroxyl groups is 1. The number of nitrogens with one attached hydrogen (secondary N) is 1. The highest BCUT2D eigenvalue weighted by molar-refractivity contribution is 6.35. The summed E-state index contributed by atoms with van der Waals surface area (Å²) >= 11 is 12.0. The average molecular weight is 406 g/mol. The van der Waals surface area contributed by atoms with E-state index in [2.05, 4.69) is 5.32 Å². The van der Waals surface area contributed by atoms with Crippen LogP contribution in [0.1, 0.15) is 11.3 Å². The SMILES string of the molecule is Cc1cc(Cl)cc(Cl)c1OCC(=O)Nc1cccc(-c2ccc(CO)o2)c1. The van der Waals surface area contributed by atoms with Gasteiger partial charge in [-0.2, -0.15) is 0 Å². The third-order valence-corrected chi connectivity index (χ3v) is 4.29. The van der Waals surface area contributed by atoms with E-state index in [4.69, 9.17) is 37.5 Å². The summed E-state index contributed by atoms with van der Waals surface area (Å²) in [6, 6.07) is 13.9. The van der Waals surface area contributed by atoms with Crippen LogP contribution in [0.3, 0.4) is 0 Å². The molecule has 1 amide bonds. The first-order valence-corrected chi connectivity index (χ1v) is 8.90. The van der Waals surface area contributed by atoms with Crippen LogP contribution in [0.2, 0.25) is 10.0 Å². The smallest absolute Gasteiger partial charge is 0.262 e. The molecule has 0 spiro atoms. The number of hydrogen-bond donors (Lipinski definition) is 2. The van der Waals surface area contributed by atoms with E-state index in [9.17, 15) is 4.79 Å². The number of aryl methyl sites for hydroxylation is 1. The number of carbonyl (C=O) groups is 1. The predicted octanol–water partition coefficient (Wildman–Crippen LogP) is 5.07. The first-order valence-electron chi connectivity index (χ1n) is 8.14. The number of carbonyl (C=O) groups excluding carboxylic acids is 1. The molecule has 0 fully saturated rings. The molecule has 5 nitrogen and oxygen atoms in total. The average Bonchev–Trinajstić information content (AvgIpc) is 3.10. The Bertz CT molecular complexity index is 945. The number of halogens is 2. The van der Waals surface area contributed by atoms with Crippen LogP contribution in [0.15, 0.2) is 52.9 Å². The van der Waals surface area contributed by atoms with Gasteiger partial charge in [0.05, 0.1) is 5.02 Å². The molecule has 27 heavy (non-hydrogen) atoms. The van der Waals surface area contributed by atoms with Crippen molar-refractivity contribution in [1.82, 2.24) is 0 Å². The maximum absolute atomic E-state index is 12.2. The van der Waals surface area contributed by atoms with Crippen molar-refractivity contribution in [3.8, 4) is 17.1 Å². The fourth-order valence-electron chi connectivity index (χ4n) is 2.57. The first kappa shape index (κ1) is 19.3. The quantitative estimate of drug-likeness (QED) is 0.600. The number of furan rings is 1. The summed E-state index contributed by atoms with van der Waals surface area (Å²) in [4.78, 5) is 12.2. The minimum absolute atomic E-state index is 0.166. The van der Waals surface area contributed by atoms with E-state index in [0.717, 1.165) is 11.1 Å². The number of hydrogen-bond acceptors (Lipinski definition) is 4. The van der Waals surface area contributed by atoms with Crippen LogP contribution < -0.4 is 10.1 Å². The van der Waals surface area contributed by atoms with E-state index < -0.39 is 0 Å². The van der Waals surface area contributed by atoms with Gasteiger partial charge in [0.15, 0.2) is 6.61 Å². The van der Waals surface area contributed by atoms with Crippen molar-refractivity contribution in [3.63, 3.8) is 0 Å². The third-order valence-electron chi connectivity index (χ3n) is 3.79. The Morgan fingerprint density at radius 2 is 2.00 bits per heavy atom. The molecule has 0 aliphatic rings. The van der Waals surface area contributed by atoms with E-state index in [1.807, 2.05) is 6.07 Å². The molecule has 2 aromatic carbocycles. The number of benzene rings is 2. The molecule has 0 atom stereocenters. The van der Waals surface area contributed by atoms with Gasteiger partial charge >= 0.3 is 0 Å². The Kier molecular flexibility index (Phi) is 6.06. The van der Waals surface area contributed by atoms with Gasteiger partial charge in [0.25, 0.3) is 5.91 Å². The number of anilines is 1. The molecular weight excluding hydrogens is 389 g/mol. The van der Waals surface area contributed by atoms with Crippen molar-refractivity contribution in [2.24, 2.45) is 0 Å². The largest absolute Gasteiger partial charge is 0.482 e. The van der Waals surface area contributed by atoms with Crippen molar-refractivity contribution in [3.05, 3.63) is 69.9 Å². The van der Waals surface area contributed by atoms with Crippen LogP contribution in [-0.4, -0.2) is 17.6 Å². The van der Waals surface area contributed by atoms with E-state index in [1.54, 1.807) is 49.4 Å². The van der Waals surface area contributed by atoms with Gasteiger partial charge in [0.2, 0.25) is 0 Å². The molecular formula is C20H17Cl2NO4. The summed E-state index contributed by atoms with van der Waals surface area (Å²) in [6.45, 7) is 1.45. The molecule has 0 aliphatic heterocycles. The highest BCUT2D eigenvalue weighted by Gasteiger charge is 2.11. The highest BCUT2D eigenvalue weighted by Crippen LogP contribution is 2.32. The lowest BCUT2D eigenvalue weighted by Gasteiger charge is -2.12. The zero-order chi connectivity index (χ0) is 19.4. The van der Waals surface area contributed by atoms with Crippen LogP contribution >= 0.6 is 23.2 Å². The number of aliphatic hydroxyl groups excluding tert-OH is 1. The van der Waals surface area contributed by atoms with E-state index in [-0.39, 0.29) is 19.1 Å². The van der Waals surface area contributed by atoms with Crippen LogP contribution in [0.25, 0.3) is 11.3 Å². The first-order chi connectivity index (χ1) is 13.0. The molecule has 3 aromatic rings. The monoisotopic (exact) mass is 405 g/mol. The molecule has 140 valence electrons. The van der Waals surface area contributed by atoms with Crippen molar-refractivity contribution in [2.75, 3.05) is 11.9 Å². The lowest BCUT2D eigenvalue weighted by Crippen LogP contribution is -2.20. The fourth-order valence-corrected chi connectivity index (χ4v) is 3.22. The predicted molar refractivity (Wildman–Crippen MR) is 105 cm³/mol. The summed E-state index contributed by atoms with van der Waals surface area (Å²) in [6.07, 6.45) is 0. The summed E-state index contributed by atoms with van der Waals surface area (Å²) in [5, 5.41) is 12.7. The second-order valence-corrected chi connectivity index (χ2v) is 6.72. The Morgan fingerprint density at radius 3 is 2.70 bits per heavy atom. The Balaban J connectivity index is 1.65. The molecule has 7 heteroatoms. The van der Waals surface area contributed by atoms with E-state index in [0.29, 0.717) is 33.0 Å². The van der Waals surface area contributed by atoms with Crippen LogP contribution in [0.4, 0.5) is 5.69 Å². The summed E-state index contributed by atoms with van der Waals surface area (Å²) in [7, 11) is 0. The van der Waals surface area contributed by atoms with Gasteiger partial charge in [-0.15, -0.1) is 0 Å². The van der Waals surface area contributed by atoms with Crippen molar-refractivity contribution in [1.29, 1.82) is 0 Å². The molecule has 0 unspecified atom stereocenters. The zero-order valence-electron chi connectivity index (χ0n) is 14.5. The number of amides is 1. The Hall–Kier alpha value is -2.47. The van der Waals surface area contributed by atoms with Crippen molar-refractivity contribution in [2.45, 2.75) is 13.5 Å². The molecule has 0 aliphatic carbocycles. The fraction of sp³-hybridized carbons (Fsp3) is 0.150. The lowest BCUT2D eigenvalue weighted by atomic mass is 10.1. The van der Waals surface area contributed by atoms with Crippen LogP contribution in [-0.2, 0) is 11.4 Å². The second kappa shape index (κ2) is 8.48. The molecule has 0 radical (unpaired) electrons. The second-order valence-electron chi connectivity index (χ2n) is 5.88. The lowest BCUT2D eigenvalue weighted by molar-refractivity contribution is -0.118. The highest BCUT2D eigenvalue weighted by atomic mass is 35.5. The van der Waals surface area contributed by atoms with Gasteiger partial charge < -0.3 is 19.6 Å². The molecule has 0 saturated heterocycles. The third kappa shape index (κ3) is 4.83. The summed E-state index contributed by atoms with van der Waals surface area (Å²) < 4.78 is 11.0. The minimum Gasteiger partial charge on any atom is -0.482 e. The maximum atomic E-state index is 12.2. The molecule has 1 heterocycles. The van der Waals surface area contributed by atoms with Gasteiger partial charge in [-0.05, 0) is 48.9 Å². The molecule has 3 rings (SSSR count). The number of rotatable bonds is 6. The normalized spacial score (nSPS) is 10.7. The van der Waals surface area contributed by atoms with Gasteiger partial charge in [0.1, 0.15) is 23.9 Å². The van der Waals surface area contributed by atoms with Gasteiger partial charge in [-0.1, -0.05) is 35.3 Å². The standard InChI is InChI=1S/C20H17Cl2NO4/c1-12-7-14(21)9-17(22)20(12)26-11-19(25)23-15-4-2-3-13(8-15)18-6-5-16(10-24)27-18/h2-9,24H,10-11H2,1H3,(H,23,25). The van der Waals surface area contributed by atoms with Crippen LogP contribution in [0, 0.1) is 6.92 Å². The van der Waals surface area contributed by atoms with E-state index >= 15 is 0 Å². The Morgan fingerprint density at radius 1 is 1.19 bits per heavy atom.